The number of halogens is 2. The van der Waals surface area contributed by atoms with Crippen LogP contribution in [0.25, 0.3) is 0 Å². The molecule has 0 bridgehead atoms. The van der Waals surface area contributed by atoms with Gasteiger partial charge >= 0.3 is 0 Å². The summed E-state index contributed by atoms with van der Waals surface area (Å²) in [6.45, 7) is 0.0673. The van der Waals surface area contributed by atoms with E-state index in [0.717, 1.165) is 17.7 Å². The molecule has 0 saturated carbocycles. The molecule has 102 valence electrons. The molecule has 0 fully saturated rings. The van der Waals surface area contributed by atoms with Crippen LogP contribution in [0, 0.1) is 11.6 Å². The Balaban J connectivity index is 2.07. The van der Waals surface area contributed by atoms with Gasteiger partial charge in [-0.3, -0.25) is 0 Å². The molecule has 0 atom stereocenters. The van der Waals surface area contributed by atoms with Crippen molar-refractivity contribution < 1.29 is 21.6 Å². The van der Waals surface area contributed by atoms with E-state index in [0.29, 0.717) is 12.5 Å². The van der Waals surface area contributed by atoms with Gasteiger partial charge in [0.05, 0.1) is 12.5 Å². The molecule has 1 aromatic heterocycles. The summed E-state index contributed by atoms with van der Waals surface area (Å²) in [6, 6.07) is 3.98. The van der Waals surface area contributed by atoms with Gasteiger partial charge in [0.25, 0.3) is 0 Å². The van der Waals surface area contributed by atoms with Crippen molar-refractivity contribution in [3.63, 3.8) is 0 Å². The SMILES string of the molecule is O=S(=O)(NCCc1ccoc1)c1cc(F)ccc1F. The predicted molar refractivity (Wildman–Crippen MR) is 64.0 cm³/mol. The van der Waals surface area contributed by atoms with Crippen LogP contribution in [0.3, 0.4) is 0 Å². The first-order valence-electron chi connectivity index (χ1n) is 5.45. The molecule has 0 radical (unpaired) electrons. The summed E-state index contributed by atoms with van der Waals surface area (Å²) < 4.78 is 56.9. The lowest BCUT2D eigenvalue weighted by Crippen LogP contribution is -2.26. The minimum Gasteiger partial charge on any atom is -0.472 e. The molecule has 0 aliphatic rings. The van der Waals surface area contributed by atoms with Gasteiger partial charge in [-0.05, 0) is 36.2 Å². The number of rotatable bonds is 5. The van der Waals surface area contributed by atoms with E-state index in [1.807, 2.05) is 0 Å². The van der Waals surface area contributed by atoms with Crippen LogP contribution >= 0.6 is 0 Å². The van der Waals surface area contributed by atoms with Crippen LogP contribution in [0.15, 0.2) is 46.1 Å². The van der Waals surface area contributed by atoms with Gasteiger partial charge < -0.3 is 4.42 Å². The first-order valence-corrected chi connectivity index (χ1v) is 6.93. The largest absolute Gasteiger partial charge is 0.472 e. The lowest BCUT2D eigenvalue weighted by molar-refractivity contribution is 0.545. The Labute approximate surface area is 109 Å². The van der Waals surface area contributed by atoms with E-state index in [-0.39, 0.29) is 6.54 Å². The molecular weight excluding hydrogens is 276 g/mol. The molecule has 0 unspecified atom stereocenters. The lowest BCUT2D eigenvalue weighted by atomic mass is 10.2. The Bertz CT molecular complexity index is 654. The van der Waals surface area contributed by atoms with Crippen molar-refractivity contribution in [2.24, 2.45) is 0 Å². The second-order valence-corrected chi connectivity index (χ2v) is 5.59. The van der Waals surface area contributed by atoms with E-state index in [9.17, 15) is 17.2 Å². The van der Waals surface area contributed by atoms with E-state index in [1.54, 1.807) is 6.07 Å². The van der Waals surface area contributed by atoms with E-state index in [1.165, 1.54) is 12.5 Å². The molecule has 0 aliphatic heterocycles. The summed E-state index contributed by atoms with van der Waals surface area (Å²) in [5.74, 6) is -1.80. The van der Waals surface area contributed by atoms with E-state index >= 15 is 0 Å². The van der Waals surface area contributed by atoms with Gasteiger partial charge in [-0.1, -0.05) is 0 Å². The van der Waals surface area contributed by atoms with Gasteiger partial charge in [-0.25, -0.2) is 21.9 Å². The second-order valence-electron chi connectivity index (χ2n) is 3.85. The summed E-state index contributed by atoms with van der Waals surface area (Å²) >= 11 is 0. The number of hydrogen-bond acceptors (Lipinski definition) is 3. The summed E-state index contributed by atoms with van der Waals surface area (Å²) in [6.07, 6.45) is 3.35. The van der Waals surface area contributed by atoms with Crippen molar-refractivity contribution in [3.05, 3.63) is 54.0 Å². The van der Waals surface area contributed by atoms with Crippen LogP contribution in [-0.4, -0.2) is 15.0 Å². The number of nitrogens with one attached hydrogen (secondary N) is 1. The number of sulfonamides is 1. The molecule has 4 nitrogen and oxygen atoms in total. The minimum atomic E-state index is -4.06. The van der Waals surface area contributed by atoms with Crippen molar-refractivity contribution in [3.8, 4) is 0 Å². The van der Waals surface area contributed by atoms with E-state index in [4.69, 9.17) is 4.42 Å². The molecule has 19 heavy (non-hydrogen) atoms. The third-order valence-corrected chi connectivity index (χ3v) is 3.94. The number of furan rings is 1. The van der Waals surface area contributed by atoms with Crippen LogP contribution in [0.2, 0.25) is 0 Å². The van der Waals surface area contributed by atoms with Crippen molar-refractivity contribution in [1.29, 1.82) is 0 Å². The zero-order valence-corrected chi connectivity index (χ0v) is 10.6. The topological polar surface area (TPSA) is 59.3 Å². The van der Waals surface area contributed by atoms with Gasteiger partial charge in [0.1, 0.15) is 16.5 Å². The smallest absolute Gasteiger partial charge is 0.243 e. The van der Waals surface area contributed by atoms with Gasteiger partial charge in [-0.2, -0.15) is 0 Å². The average Bonchev–Trinajstić information content (AvgIpc) is 2.85. The van der Waals surface area contributed by atoms with E-state index < -0.39 is 26.6 Å². The van der Waals surface area contributed by atoms with Crippen LogP contribution in [0.4, 0.5) is 8.78 Å². The van der Waals surface area contributed by atoms with Crippen LogP contribution in [0.5, 0.6) is 0 Å². The fourth-order valence-corrected chi connectivity index (χ4v) is 2.64. The Morgan fingerprint density at radius 1 is 1.21 bits per heavy atom. The standard InChI is InChI=1S/C12H11F2NO3S/c13-10-1-2-11(14)12(7-10)19(16,17)15-5-3-9-4-6-18-8-9/h1-2,4,6-8,15H,3,5H2. The molecular formula is C12H11F2NO3S. The van der Waals surface area contributed by atoms with Gasteiger partial charge in [0.2, 0.25) is 10.0 Å². The predicted octanol–water partition coefficient (Wildman–Crippen LogP) is 2.08. The van der Waals surface area contributed by atoms with Crippen LogP contribution in [0.1, 0.15) is 5.56 Å². The maximum atomic E-state index is 13.4. The summed E-state index contributed by atoms with van der Waals surface area (Å²) in [7, 11) is -4.06. The maximum absolute atomic E-state index is 13.4. The average molecular weight is 287 g/mol. The first-order chi connectivity index (χ1) is 8.99. The maximum Gasteiger partial charge on any atom is 0.243 e. The van der Waals surface area contributed by atoms with Crippen molar-refractivity contribution in [2.75, 3.05) is 6.54 Å². The molecule has 1 aromatic carbocycles. The third-order valence-electron chi connectivity index (χ3n) is 2.47. The van der Waals surface area contributed by atoms with Crippen LogP contribution in [-0.2, 0) is 16.4 Å². The second kappa shape index (κ2) is 5.50. The van der Waals surface area contributed by atoms with Gasteiger partial charge in [-0.15, -0.1) is 0 Å². The normalized spacial score (nSPS) is 11.7. The Morgan fingerprint density at radius 2 is 2.00 bits per heavy atom. The minimum absolute atomic E-state index is 0.0673. The van der Waals surface area contributed by atoms with Gasteiger partial charge in [0.15, 0.2) is 0 Å². The molecule has 0 spiro atoms. The number of benzene rings is 1. The molecule has 0 amide bonds. The molecule has 7 heteroatoms. The van der Waals surface area contributed by atoms with Crippen molar-refractivity contribution >= 4 is 10.0 Å². The highest BCUT2D eigenvalue weighted by atomic mass is 32.2. The van der Waals surface area contributed by atoms with Crippen LogP contribution < -0.4 is 4.72 Å². The Hall–Kier alpha value is -1.73. The summed E-state index contributed by atoms with van der Waals surface area (Å²) in [5, 5.41) is 0. The van der Waals surface area contributed by atoms with Crippen molar-refractivity contribution in [2.45, 2.75) is 11.3 Å². The van der Waals surface area contributed by atoms with Gasteiger partial charge in [0, 0.05) is 6.54 Å². The van der Waals surface area contributed by atoms with Crippen molar-refractivity contribution in [1.82, 2.24) is 4.72 Å². The lowest BCUT2D eigenvalue weighted by Gasteiger charge is -2.07. The fraction of sp³-hybridized carbons (Fsp3) is 0.167. The zero-order chi connectivity index (χ0) is 13.9. The molecule has 0 saturated heterocycles. The highest BCUT2D eigenvalue weighted by Gasteiger charge is 2.19. The molecule has 2 rings (SSSR count). The third kappa shape index (κ3) is 3.39. The fourth-order valence-electron chi connectivity index (χ4n) is 1.53. The molecule has 1 N–H and O–H groups in total. The quantitative estimate of drug-likeness (QED) is 0.916. The zero-order valence-electron chi connectivity index (χ0n) is 9.77. The molecule has 2 aromatic rings. The Morgan fingerprint density at radius 3 is 2.68 bits per heavy atom. The highest BCUT2D eigenvalue weighted by molar-refractivity contribution is 7.89. The number of hydrogen-bond donors (Lipinski definition) is 1. The summed E-state index contributed by atoms with van der Waals surface area (Å²) in [5.41, 5.74) is 0.808. The van der Waals surface area contributed by atoms with E-state index in [2.05, 4.69) is 4.72 Å². The first kappa shape index (κ1) is 13.7. The Kier molecular flexibility index (Phi) is 3.96. The highest BCUT2D eigenvalue weighted by Crippen LogP contribution is 2.15. The molecule has 1 heterocycles. The monoisotopic (exact) mass is 287 g/mol. The summed E-state index contributed by atoms with van der Waals surface area (Å²) in [4.78, 5) is -0.695. The molecule has 0 aliphatic carbocycles.